The number of aromatic carboxylic acids is 1. The highest BCUT2D eigenvalue weighted by molar-refractivity contribution is 5.86. The number of H-pyrrole nitrogens is 1. The summed E-state index contributed by atoms with van der Waals surface area (Å²) in [6.45, 7) is 0. The van der Waals surface area contributed by atoms with Crippen LogP contribution in [0.2, 0.25) is 0 Å². The molecule has 0 atom stereocenters. The SMILES string of the molecule is Nc1cc(=O)nc2cc(C(=O)O)[nH]n12. The number of nitrogens with zero attached hydrogens (tertiary/aromatic N) is 2. The average Bonchev–Trinajstić information content (AvgIpc) is 2.47. The van der Waals surface area contributed by atoms with Crippen molar-refractivity contribution in [1.82, 2.24) is 14.6 Å². The van der Waals surface area contributed by atoms with Gasteiger partial charge in [0.05, 0.1) is 0 Å². The van der Waals surface area contributed by atoms with E-state index in [1.54, 1.807) is 0 Å². The number of carboxylic acids is 1. The van der Waals surface area contributed by atoms with Gasteiger partial charge in [-0.2, -0.15) is 4.98 Å². The van der Waals surface area contributed by atoms with E-state index in [0.717, 1.165) is 6.07 Å². The van der Waals surface area contributed by atoms with Crippen molar-refractivity contribution in [2.24, 2.45) is 0 Å². The first-order chi connectivity index (χ1) is 6.58. The van der Waals surface area contributed by atoms with Crippen molar-refractivity contribution in [1.29, 1.82) is 0 Å². The van der Waals surface area contributed by atoms with Crippen LogP contribution in [0.1, 0.15) is 10.5 Å². The van der Waals surface area contributed by atoms with Gasteiger partial charge in [-0.15, -0.1) is 0 Å². The second-order valence-electron chi connectivity index (χ2n) is 2.69. The van der Waals surface area contributed by atoms with E-state index >= 15 is 0 Å². The number of carbonyl (C=O) groups is 1. The molecular weight excluding hydrogens is 188 g/mol. The zero-order chi connectivity index (χ0) is 10.3. The number of anilines is 1. The Hall–Kier alpha value is -2.31. The summed E-state index contributed by atoms with van der Waals surface area (Å²) < 4.78 is 1.23. The molecule has 14 heavy (non-hydrogen) atoms. The van der Waals surface area contributed by atoms with Crippen LogP contribution in [0.3, 0.4) is 0 Å². The molecule has 0 unspecified atom stereocenters. The van der Waals surface area contributed by atoms with Gasteiger partial charge >= 0.3 is 5.97 Å². The van der Waals surface area contributed by atoms with Crippen molar-refractivity contribution in [3.05, 3.63) is 28.2 Å². The Labute approximate surface area is 76.8 Å². The molecule has 0 bridgehead atoms. The Kier molecular flexibility index (Phi) is 1.53. The molecule has 0 aliphatic carbocycles. The second-order valence-corrected chi connectivity index (χ2v) is 2.69. The average molecular weight is 194 g/mol. The van der Waals surface area contributed by atoms with E-state index in [2.05, 4.69) is 10.1 Å². The lowest BCUT2D eigenvalue weighted by Crippen LogP contribution is -2.11. The van der Waals surface area contributed by atoms with Gasteiger partial charge in [-0.1, -0.05) is 0 Å². The van der Waals surface area contributed by atoms with Gasteiger partial charge < -0.3 is 10.8 Å². The quantitative estimate of drug-likeness (QED) is 0.555. The first-order valence-electron chi connectivity index (χ1n) is 3.69. The van der Waals surface area contributed by atoms with Crippen LogP contribution in [-0.4, -0.2) is 25.7 Å². The summed E-state index contributed by atoms with van der Waals surface area (Å²) in [5.41, 5.74) is 5.08. The van der Waals surface area contributed by atoms with E-state index in [1.807, 2.05) is 0 Å². The van der Waals surface area contributed by atoms with Crippen LogP contribution in [0, 0.1) is 0 Å². The van der Waals surface area contributed by atoms with Crippen LogP contribution in [-0.2, 0) is 0 Å². The molecule has 0 fully saturated rings. The van der Waals surface area contributed by atoms with Crippen LogP contribution < -0.4 is 11.3 Å². The number of aromatic nitrogens is 3. The fourth-order valence-electron chi connectivity index (χ4n) is 1.13. The third-order valence-electron chi connectivity index (χ3n) is 1.72. The monoisotopic (exact) mass is 194 g/mol. The van der Waals surface area contributed by atoms with Crippen molar-refractivity contribution in [2.75, 3.05) is 5.73 Å². The minimum atomic E-state index is -1.14. The number of nitrogen functional groups attached to an aromatic ring is 1. The summed E-state index contributed by atoms with van der Waals surface area (Å²) >= 11 is 0. The maximum absolute atomic E-state index is 10.9. The van der Waals surface area contributed by atoms with Gasteiger partial charge in [-0.3, -0.25) is 9.89 Å². The number of nitrogens with two attached hydrogens (primary N) is 1. The zero-order valence-electron chi connectivity index (χ0n) is 6.89. The molecule has 0 amide bonds. The molecule has 0 aliphatic heterocycles. The predicted molar refractivity (Wildman–Crippen MR) is 47.2 cm³/mol. The third-order valence-corrected chi connectivity index (χ3v) is 1.72. The van der Waals surface area contributed by atoms with E-state index in [1.165, 1.54) is 10.6 Å². The highest BCUT2D eigenvalue weighted by Gasteiger charge is 2.09. The molecule has 0 saturated carbocycles. The van der Waals surface area contributed by atoms with Crippen molar-refractivity contribution in [2.45, 2.75) is 0 Å². The van der Waals surface area contributed by atoms with Crippen LogP contribution in [0.4, 0.5) is 5.82 Å². The van der Waals surface area contributed by atoms with Gasteiger partial charge in [0.25, 0.3) is 5.56 Å². The molecule has 7 heteroatoms. The predicted octanol–water partition coefficient (Wildman–Crippen LogP) is -0.697. The van der Waals surface area contributed by atoms with Crippen LogP contribution >= 0.6 is 0 Å². The van der Waals surface area contributed by atoms with Gasteiger partial charge in [0.1, 0.15) is 11.5 Å². The summed E-state index contributed by atoms with van der Waals surface area (Å²) in [6, 6.07) is 2.34. The van der Waals surface area contributed by atoms with Crippen molar-refractivity contribution >= 4 is 17.4 Å². The number of carboxylic acid groups (broad SMARTS) is 1. The molecule has 4 N–H and O–H groups in total. The van der Waals surface area contributed by atoms with Crippen LogP contribution in [0.5, 0.6) is 0 Å². The van der Waals surface area contributed by atoms with Crippen LogP contribution in [0.15, 0.2) is 16.9 Å². The standard InChI is InChI=1S/C7H6N4O3/c8-4-2-6(12)9-5-1-3(7(13)14)10-11(4)5/h1-2,10H,8H2,(H,13,14). The minimum absolute atomic E-state index is 0.0743. The van der Waals surface area contributed by atoms with Crippen LogP contribution in [0.25, 0.3) is 5.65 Å². The Bertz CT molecular complexity index is 568. The zero-order valence-corrected chi connectivity index (χ0v) is 6.89. The Morgan fingerprint density at radius 2 is 2.29 bits per heavy atom. The molecule has 72 valence electrons. The maximum Gasteiger partial charge on any atom is 0.353 e. The van der Waals surface area contributed by atoms with Gasteiger partial charge in [-0.05, 0) is 0 Å². The summed E-state index contributed by atoms with van der Waals surface area (Å²) in [4.78, 5) is 25.1. The Balaban J connectivity index is 2.83. The summed E-state index contributed by atoms with van der Waals surface area (Å²) in [5, 5.41) is 11.1. The number of rotatable bonds is 1. The van der Waals surface area contributed by atoms with E-state index in [-0.39, 0.29) is 17.2 Å². The highest BCUT2D eigenvalue weighted by Crippen LogP contribution is 2.05. The number of nitrogens with one attached hydrogen (secondary N) is 1. The summed E-state index contributed by atoms with van der Waals surface area (Å²) in [7, 11) is 0. The molecule has 2 aromatic heterocycles. The van der Waals surface area contributed by atoms with Gasteiger partial charge in [0, 0.05) is 12.1 Å². The van der Waals surface area contributed by atoms with Crippen molar-refractivity contribution < 1.29 is 9.90 Å². The first-order valence-corrected chi connectivity index (χ1v) is 3.69. The topological polar surface area (TPSA) is 113 Å². The normalized spacial score (nSPS) is 10.6. The third kappa shape index (κ3) is 1.11. The van der Waals surface area contributed by atoms with Crippen molar-refractivity contribution in [3.63, 3.8) is 0 Å². The number of fused-ring (bicyclic) bond motifs is 1. The molecule has 2 heterocycles. The molecule has 0 aromatic carbocycles. The highest BCUT2D eigenvalue weighted by atomic mass is 16.4. The van der Waals surface area contributed by atoms with E-state index in [0.29, 0.717) is 0 Å². The lowest BCUT2D eigenvalue weighted by Gasteiger charge is -1.95. The molecule has 2 rings (SSSR count). The van der Waals surface area contributed by atoms with Gasteiger partial charge in [-0.25, -0.2) is 9.31 Å². The molecular formula is C7H6N4O3. The van der Waals surface area contributed by atoms with Crippen molar-refractivity contribution in [3.8, 4) is 0 Å². The second kappa shape index (κ2) is 2.59. The molecule has 0 spiro atoms. The molecule has 7 nitrogen and oxygen atoms in total. The largest absolute Gasteiger partial charge is 0.477 e. The van der Waals surface area contributed by atoms with Gasteiger partial charge in [0.2, 0.25) is 0 Å². The number of hydrogen-bond donors (Lipinski definition) is 3. The number of hydrogen-bond acceptors (Lipinski definition) is 4. The lowest BCUT2D eigenvalue weighted by atomic mass is 10.4. The smallest absolute Gasteiger partial charge is 0.353 e. The minimum Gasteiger partial charge on any atom is -0.477 e. The first kappa shape index (κ1) is 8.30. The Morgan fingerprint density at radius 1 is 1.57 bits per heavy atom. The van der Waals surface area contributed by atoms with Gasteiger partial charge in [0.15, 0.2) is 5.65 Å². The van der Waals surface area contributed by atoms with E-state index < -0.39 is 11.5 Å². The summed E-state index contributed by atoms with van der Waals surface area (Å²) in [6.07, 6.45) is 0. The molecule has 0 aliphatic rings. The summed E-state index contributed by atoms with van der Waals surface area (Å²) in [5.74, 6) is -1.02. The fourth-order valence-corrected chi connectivity index (χ4v) is 1.13. The fraction of sp³-hybridized carbons (Fsp3) is 0. The Morgan fingerprint density at radius 3 is 2.93 bits per heavy atom. The number of aromatic amines is 1. The lowest BCUT2D eigenvalue weighted by molar-refractivity contribution is 0.0690. The van der Waals surface area contributed by atoms with E-state index in [4.69, 9.17) is 10.8 Å². The maximum atomic E-state index is 10.9. The van der Waals surface area contributed by atoms with E-state index in [9.17, 15) is 9.59 Å². The molecule has 2 aromatic rings. The molecule has 0 radical (unpaired) electrons. The molecule has 0 saturated heterocycles.